The Morgan fingerprint density at radius 2 is 1.60 bits per heavy atom. The van der Waals surface area contributed by atoms with Crippen molar-refractivity contribution >= 4 is 20.1 Å². The van der Waals surface area contributed by atoms with E-state index in [4.69, 9.17) is 16.1 Å². The highest BCUT2D eigenvalue weighted by Crippen LogP contribution is 2.46. The van der Waals surface area contributed by atoms with Crippen molar-refractivity contribution in [2.75, 3.05) is 28.2 Å². The number of rotatable bonds is 4. The fourth-order valence-corrected chi connectivity index (χ4v) is 3.32. The maximum atomic E-state index is 6.16. The Kier molecular flexibility index (Phi) is 5.34. The zero-order chi connectivity index (χ0) is 11.4. The van der Waals surface area contributed by atoms with Gasteiger partial charge in [-0.25, -0.2) is 9.34 Å². The first-order valence-electron chi connectivity index (χ1n) is 5.22. The highest BCUT2D eigenvalue weighted by molar-refractivity contribution is 7.47. The van der Waals surface area contributed by atoms with Gasteiger partial charge in [-0.05, 0) is 47.5 Å². The van der Waals surface area contributed by atoms with Gasteiger partial charge in [0.15, 0.2) is 0 Å². The molecule has 0 N–H and O–H groups in total. The van der Waals surface area contributed by atoms with Crippen molar-refractivity contribution in [3.8, 4) is 0 Å². The second kappa shape index (κ2) is 6.05. The molecular weight excluding hydrogens is 231 g/mol. The smallest absolute Gasteiger partial charge is 0.246 e. The molecule has 1 aliphatic rings. The van der Waals surface area contributed by atoms with Gasteiger partial charge in [-0.15, -0.1) is 0 Å². The maximum absolute atomic E-state index is 6.16. The van der Waals surface area contributed by atoms with Crippen LogP contribution >= 0.6 is 20.1 Å². The standard InChI is InChI=1S/C10H20ClN2OP/c1-12(2)15(13(3)4)14-10-8-6-5-7-9(10)11/h5-8H2,1-4H3. The summed E-state index contributed by atoms with van der Waals surface area (Å²) in [5.74, 6) is 0.997. The molecule has 0 atom stereocenters. The zero-order valence-corrected chi connectivity index (χ0v) is 11.6. The van der Waals surface area contributed by atoms with Crippen molar-refractivity contribution in [3.63, 3.8) is 0 Å². The van der Waals surface area contributed by atoms with Gasteiger partial charge in [-0.2, -0.15) is 0 Å². The van der Waals surface area contributed by atoms with Crippen molar-refractivity contribution in [3.05, 3.63) is 10.8 Å². The predicted molar refractivity (Wildman–Crippen MR) is 66.7 cm³/mol. The van der Waals surface area contributed by atoms with Crippen molar-refractivity contribution in [2.45, 2.75) is 25.7 Å². The molecule has 0 aromatic rings. The second-order valence-corrected chi connectivity index (χ2v) is 6.82. The van der Waals surface area contributed by atoms with Crippen LogP contribution in [-0.2, 0) is 4.52 Å². The minimum Gasteiger partial charge on any atom is -0.448 e. The van der Waals surface area contributed by atoms with Crippen molar-refractivity contribution < 1.29 is 4.52 Å². The SMILES string of the molecule is CN(C)P(OC1=C(Cl)CCCC1)N(C)C. The molecule has 0 aromatic carbocycles. The minimum atomic E-state index is -0.704. The molecular formula is C10H20ClN2OP. The van der Waals surface area contributed by atoms with Crippen LogP contribution < -0.4 is 0 Å². The van der Waals surface area contributed by atoms with E-state index in [2.05, 4.69) is 9.34 Å². The van der Waals surface area contributed by atoms with Crippen LogP contribution in [0.15, 0.2) is 10.8 Å². The molecule has 88 valence electrons. The summed E-state index contributed by atoms with van der Waals surface area (Å²) in [4.78, 5) is 0. The maximum Gasteiger partial charge on any atom is 0.246 e. The van der Waals surface area contributed by atoms with Gasteiger partial charge < -0.3 is 4.52 Å². The lowest BCUT2D eigenvalue weighted by molar-refractivity contribution is 0.350. The van der Waals surface area contributed by atoms with Gasteiger partial charge in [0.05, 0.1) is 5.03 Å². The summed E-state index contributed by atoms with van der Waals surface area (Å²) >= 11 is 6.16. The molecule has 0 amide bonds. The van der Waals surface area contributed by atoms with Crippen LogP contribution in [0.1, 0.15) is 25.7 Å². The quantitative estimate of drug-likeness (QED) is 0.712. The Morgan fingerprint density at radius 3 is 2.07 bits per heavy atom. The zero-order valence-electron chi connectivity index (χ0n) is 9.96. The topological polar surface area (TPSA) is 15.7 Å². The molecule has 0 bridgehead atoms. The van der Waals surface area contributed by atoms with Gasteiger partial charge in [0, 0.05) is 6.42 Å². The average molecular weight is 251 g/mol. The van der Waals surface area contributed by atoms with Crippen LogP contribution in [0, 0.1) is 0 Å². The first kappa shape index (κ1) is 13.2. The van der Waals surface area contributed by atoms with Gasteiger partial charge in [-0.3, -0.25) is 0 Å². The molecule has 0 radical (unpaired) electrons. The van der Waals surface area contributed by atoms with E-state index in [9.17, 15) is 0 Å². The van der Waals surface area contributed by atoms with Gasteiger partial charge in [0.1, 0.15) is 5.76 Å². The third kappa shape index (κ3) is 3.92. The Bertz CT molecular complexity index is 236. The number of allylic oxidation sites excluding steroid dienone is 2. The van der Waals surface area contributed by atoms with Gasteiger partial charge in [0.2, 0.25) is 8.45 Å². The van der Waals surface area contributed by atoms with Crippen LogP contribution in [0.3, 0.4) is 0 Å². The highest BCUT2D eigenvalue weighted by atomic mass is 35.5. The van der Waals surface area contributed by atoms with E-state index in [1.165, 1.54) is 12.8 Å². The fourth-order valence-electron chi connectivity index (χ4n) is 1.56. The van der Waals surface area contributed by atoms with Crippen LogP contribution in [0.5, 0.6) is 0 Å². The molecule has 0 saturated heterocycles. The molecule has 0 spiro atoms. The Balaban J connectivity index is 2.65. The Hall–Kier alpha value is 0.180. The summed E-state index contributed by atoms with van der Waals surface area (Å²) in [5, 5.41) is 0.914. The lowest BCUT2D eigenvalue weighted by Crippen LogP contribution is -2.19. The average Bonchev–Trinajstić information content (AvgIpc) is 2.15. The predicted octanol–water partition coefficient (Wildman–Crippen LogP) is 3.38. The van der Waals surface area contributed by atoms with E-state index in [1.807, 2.05) is 28.2 Å². The summed E-state index contributed by atoms with van der Waals surface area (Å²) < 4.78 is 10.2. The van der Waals surface area contributed by atoms with Crippen LogP contribution in [-0.4, -0.2) is 37.5 Å². The van der Waals surface area contributed by atoms with Crippen LogP contribution in [0.2, 0.25) is 0 Å². The number of hydrogen-bond acceptors (Lipinski definition) is 3. The van der Waals surface area contributed by atoms with E-state index in [0.29, 0.717) is 0 Å². The summed E-state index contributed by atoms with van der Waals surface area (Å²) in [7, 11) is 7.42. The molecule has 15 heavy (non-hydrogen) atoms. The van der Waals surface area contributed by atoms with Crippen LogP contribution in [0.4, 0.5) is 0 Å². The summed E-state index contributed by atoms with van der Waals surface area (Å²) in [6.07, 6.45) is 4.34. The number of hydrogen-bond donors (Lipinski definition) is 0. The highest BCUT2D eigenvalue weighted by Gasteiger charge is 2.21. The van der Waals surface area contributed by atoms with Gasteiger partial charge in [-0.1, -0.05) is 11.6 Å². The second-order valence-electron chi connectivity index (χ2n) is 4.07. The molecule has 0 heterocycles. The summed E-state index contributed by atoms with van der Waals surface area (Å²) in [6, 6.07) is 0. The minimum absolute atomic E-state index is 0.704. The lowest BCUT2D eigenvalue weighted by Gasteiger charge is -2.31. The van der Waals surface area contributed by atoms with Gasteiger partial charge >= 0.3 is 0 Å². The van der Waals surface area contributed by atoms with E-state index < -0.39 is 8.45 Å². The number of nitrogens with zero attached hydrogens (tertiary/aromatic N) is 2. The molecule has 1 aliphatic carbocycles. The van der Waals surface area contributed by atoms with E-state index in [0.717, 1.165) is 23.6 Å². The summed E-state index contributed by atoms with van der Waals surface area (Å²) in [5.41, 5.74) is 0. The molecule has 0 saturated carbocycles. The Morgan fingerprint density at radius 1 is 1.07 bits per heavy atom. The largest absolute Gasteiger partial charge is 0.448 e. The van der Waals surface area contributed by atoms with Crippen molar-refractivity contribution in [2.24, 2.45) is 0 Å². The Labute approximate surface area is 99.0 Å². The van der Waals surface area contributed by atoms with Gasteiger partial charge in [0.25, 0.3) is 0 Å². The van der Waals surface area contributed by atoms with E-state index >= 15 is 0 Å². The number of halogens is 1. The first-order chi connectivity index (χ1) is 7.02. The third-order valence-corrected chi connectivity index (χ3v) is 4.38. The molecule has 0 unspecified atom stereocenters. The monoisotopic (exact) mass is 250 g/mol. The van der Waals surface area contributed by atoms with Crippen molar-refractivity contribution in [1.29, 1.82) is 0 Å². The summed E-state index contributed by atoms with van der Waals surface area (Å²) in [6.45, 7) is 0. The molecule has 0 aromatic heterocycles. The normalized spacial score (nSPS) is 18.1. The van der Waals surface area contributed by atoms with Crippen LogP contribution in [0.25, 0.3) is 0 Å². The first-order valence-corrected chi connectivity index (χ1v) is 6.76. The third-order valence-electron chi connectivity index (χ3n) is 2.23. The molecule has 1 rings (SSSR count). The molecule has 0 fully saturated rings. The van der Waals surface area contributed by atoms with Crippen molar-refractivity contribution in [1.82, 2.24) is 9.34 Å². The molecule has 0 aliphatic heterocycles. The van der Waals surface area contributed by atoms with E-state index in [1.54, 1.807) is 0 Å². The lowest BCUT2D eigenvalue weighted by atomic mass is 10.1. The molecule has 5 heteroatoms. The van der Waals surface area contributed by atoms with E-state index in [-0.39, 0.29) is 0 Å². The fraction of sp³-hybridized carbons (Fsp3) is 0.800. The molecule has 3 nitrogen and oxygen atoms in total.